The van der Waals surface area contributed by atoms with Gasteiger partial charge in [0.1, 0.15) is 18.1 Å². The molecule has 0 spiro atoms. The molecule has 3 amide bonds. The van der Waals surface area contributed by atoms with Crippen LogP contribution in [-0.4, -0.2) is 75.7 Å². The molecule has 2 aromatic rings. The quantitative estimate of drug-likeness (QED) is 0.176. The number of thiol groups is 1. The van der Waals surface area contributed by atoms with Crippen molar-refractivity contribution in [3.05, 3.63) is 36.0 Å². The third-order valence-electron chi connectivity index (χ3n) is 5.74. The molecule has 0 aliphatic heterocycles. The van der Waals surface area contributed by atoms with Crippen LogP contribution in [0.3, 0.4) is 0 Å². The highest BCUT2D eigenvalue weighted by atomic mass is 32.2. The summed E-state index contributed by atoms with van der Waals surface area (Å²) >= 11 is 5.52. The van der Waals surface area contributed by atoms with Gasteiger partial charge in [-0.25, -0.2) is 4.79 Å². The molecule has 36 heavy (non-hydrogen) atoms. The lowest BCUT2D eigenvalue weighted by Gasteiger charge is -2.27. The molecule has 198 valence electrons. The van der Waals surface area contributed by atoms with Crippen LogP contribution in [0.15, 0.2) is 30.5 Å². The lowest BCUT2D eigenvalue weighted by molar-refractivity contribution is -0.142. The molecule has 0 fully saturated rings. The number of aliphatic carboxylic acids is 1. The summed E-state index contributed by atoms with van der Waals surface area (Å²) < 4.78 is 0. The van der Waals surface area contributed by atoms with Crippen molar-refractivity contribution in [2.45, 2.75) is 50.9 Å². The van der Waals surface area contributed by atoms with Gasteiger partial charge in [0.25, 0.3) is 0 Å². The molecule has 0 bridgehead atoms. The minimum absolute atomic E-state index is 0.0673. The van der Waals surface area contributed by atoms with Crippen LogP contribution < -0.4 is 21.7 Å². The van der Waals surface area contributed by atoms with Gasteiger partial charge >= 0.3 is 5.97 Å². The van der Waals surface area contributed by atoms with Gasteiger partial charge in [-0.15, -0.1) is 0 Å². The minimum atomic E-state index is -1.20. The second-order valence-electron chi connectivity index (χ2n) is 8.83. The fourth-order valence-electron chi connectivity index (χ4n) is 3.64. The van der Waals surface area contributed by atoms with Crippen molar-refractivity contribution in [2.24, 2.45) is 11.7 Å². The standard InChI is InChI=1S/C24H35N5O5S2/c1-13(2)20(29-22(31)18(8-9-36-3)27-21(30)16(25)12-35)23(32)28-19(24(33)34)10-14-11-26-17-7-5-4-6-15(14)17/h4-7,11,13,16,18-20,26,35H,8-10,12,25H2,1-3H3,(H,27,30)(H,28,32)(H,29,31)(H,33,34). The van der Waals surface area contributed by atoms with Gasteiger partial charge < -0.3 is 31.8 Å². The number of aromatic nitrogens is 1. The number of hydrogen-bond acceptors (Lipinski definition) is 7. The molecule has 0 saturated heterocycles. The topological polar surface area (TPSA) is 166 Å². The summed E-state index contributed by atoms with van der Waals surface area (Å²) in [5.41, 5.74) is 7.34. The van der Waals surface area contributed by atoms with E-state index in [2.05, 4.69) is 33.6 Å². The van der Waals surface area contributed by atoms with Crippen LogP contribution in [0, 0.1) is 5.92 Å². The van der Waals surface area contributed by atoms with Gasteiger partial charge in [0.2, 0.25) is 17.7 Å². The molecule has 1 heterocycles. The van der Waals surface area contributed by atoms with E-state index in [9.17, 15) is 24.3 Å². The number of rotatable bonds is 14. The number of carbonyl (C=O) groups is 4. The Morgan fingerprint density at radius 1 is 1.06 bits per heavy atom. The number of thioether (sulfide) groups is 1. The van der Waals surface area contributed by atoms with Crippen LogP contribution in [0.1, 0.15) is 25.8 Å². The molecule has 0 radical (unpaired) electrons. The van der Waals surface area contributed by atoms with Gasteiger partial charge in [-0.3, -0.25) is 14.4 Å². The van der Waals surface area contributed by atoms with E-state index in [1.807, 2.05) is 30.5 Å². The molecule has 0 saturated carbocycles. The average Bonchev–Trinajstić information content (AvgIpc) is 3.26. The smallest absolute Gasteiger partial charge is 0.326 e. The number of nitrogens with two attached hydrogens (primary N) is 1. The summed E-state index contributed by atoms with van der Waals surface area (Å²) in [6, 6.07) is 3.51. The van der Waals surface area contributed by atoms with Crippen molar-refractivity contribution in [2.75, 3.05) is 17.8 Å². The van der Waals surface area contributed by atoms with Gasteiger partial charge in [0.15, 0.2) is 0 Å². The van der Waals surface area contributed by atoms with E-state index < -0.39 is 47.9 Å². The summed E-state index contributed by atoms with van der Waals surface area (Å²) in [6.07, 6.45) is 4.00. The second kappa shape index (κ2) is 14.1. The number of nitrogens with one attached hydrogen (secondary N) is 4. The van der Waals surface area contributed by atoms with E-state index in [1.54, 1.807) is 20.0 Å². The minimum Gasteiger partial charge on any atom is -0.480 e. The molecule has 7 N–H and O–H groups in total. The zero-order valence-electron chi connectivity index (χ0n) is 20.6. The number of H-pyrrole nitrogens is 1. The molecular weight excluding hydrogens is 502 g/mol. The molecule has 10 nitrogen and oxygen atoms in total. The Kier molecular flexibility index (Phi) is 11.6. The first kappa shape index (κ1) is 29.5. The Balaban J connectivity index is 2.14. The molecule has 1 aromatic heterocycles. The van der Waals surface area contributed by atoms with E-state index in [1.165, 1.54) is 11.8 Å². The van der Waals surface area contributed by atoms with Crippen molar-refractivity contribution in [3.63, 3.8) is 0 Å². The largest absolute Gasteiger partial charge is 0.480 e. The zero-order valence-corrected chi connectivity index (χ0v) is 22.3. The molecule has 12 heteroatoms. The van der Waals surface area contributed by atoms with Crippen LogP contribution in [-0.2, 0) is 25.6 Å². The molecule has 4 unspecified atom stereocenters. The lowest BCUT2D eigenvalue weighted by Crippen LogP contribution is -2.58. The Bertz CT molecular complexity index is 1060. The first-order valence-electron chi connectivity index (χ1n) is 11.6. The van der Waals surface area contributed by atoms with Crippen LogP contribution in [0.5, 0.6) is 0 Å². The molecule has 4 atom stereocenters. The van der Waals surface area contributed by atoms with E-state index in [0.29, 0.717) is 12.2 Å². The van der Waals surface area contributed by atoms with Gasteiger partial charge in [-0.1, -0.05) is 32.0 Å². The highest BCUT2D eigenvalue weighted by molar-refractivity contribution is 7.98. The van der Waals surface area contributed by atoms with Crippen molar-refractivity contribution in [1.29, 1.82) is 0 Å². The zero-order chi connectivity index (χ0) is 26.8. The number of aromatic amines is 1. The number of carboxylic acid groups (broad SMARTS) is 1. The highest BCUT2D eigenvalue weighted by Gasteiger charge is 2.32. The van der Waals surface area contributed by atoms with Crippen molar-refractivity contribution in [1.82, 2.24) is 20.9 Å². The normalized spacial score (nSPS) is 14.6. The SMILES string of the molecule is CSCCC(NC(=O)C(N)CS)C(=O)NC(C(=O)NC(Cc1c[nH]c2ccccc12)C(=O)O)C(C)C. The third kappa shape index (κ3) is 8.17. The maximum absolute atomic E-state index is 13.1. The molecule has 2 rings (SSSR count). The number of carboxylic acids is 1. The number of hydrogen-bond donors (Lipinski definition) is 7. The molecular formula is C24H35N5O5S2. The molecule has 0 aliphatic rings. The monoisotopic (exact) mass is 537 g/mol. The summed E-state index contributed by atoms with van der Waals surface area (Å²) in [5.74, 6) is -2.48. The average molecular weight is 538 g/mol. The fraction of sp³-hybridized carbons (Fsp3) is 0.500. The van der Waals surface area contributed by atoms with Crippen LogP contribution in [0.2, 0.25) is 0 Å². The Morgan fingerprint density at radius 3 is 2.33 bits per heavy atom. The van der Waals surface area contributed by atoms with Crippen molar-refractivity contribution in [3.8, 4) is 0 Å². The first-order chi connectivity index (χ1) is 17.1. The summed E-state index contributed by atoms with van der Waals surface area (Å²) in [6.45, 7) is 3.48. The summed E-state index contributed by atoms with van der Waals surface area (Å²) in [5, 5.41) is 18.5. The highest BCUT2D eigenvalue weighted by Crippen LogP contribution is 2.19. The number of fused-ring (bicyclic) bond motifs is 1. The van der Waals surface area contributed by atoms with Gasteiger partial charge in [0, 0.05) is 29.3 Å². The number of carbonyl (C=O) groups excluding carboxylic acids is 3. The maximum atomic E-state index is 13.1. The van der Waals surface area contributed by atoms with E-state index in [-0.39, 0.29) is 18.1 Å². The predicted octanol–water partition coefficient (Wildman–Crippen LogP) is 0.916. The number of para-hydroxylation sites is 1. The van der Waals surface area contributed by atoms with Gasteiger partial charge in [0.05, 0.1) is 6.04 Å². The molecule has 0 aliphatic carbocycles. The summed E-state index contributed by atoms with van der Waals surface area (Å²) in [4.78, 5) is 53.5. The summed E-state index contributed by atoms with van der Waals surface area (Å²) in [7, 11) is 0. The molecule has 1 aromatic carbocycles. The predicted molar refractivity (Wildman–Crippen MR) is 145 cm³/mol. The van der Waals surface area contributed by atoms with Crippen molar-refractivity contribution < 1.29 is 24.3 Å². The van der Waals surface area contributed by atoms with E-state index in [4.69, 9.17) is 5.73 Å². The van der Waals surface area contributed by atoms with E-state index in [0.717, 1.165) is 16.5 Å². The first-order valence-corrected chi connectivity index (χ1v) is 13.7. The Hall–Kier alpha value is -2.70. The lowest BCUT2D eigenvalue weighted by atomic mass is 10.0. The van der Waals surface area contributed by atoms with Gasteiger partial charge in [-0.2, -0.15) is 24.4 Å². The Morgan fingerprint density at radius 2 is 1.72 bits per heavy atom. The van der Waals surface area contributed by atoms with Crippen molar-refractivity contribution >= 4 is 59.0 Å². The van der Waals surface area contributed by atoms with Gasteiger partial charge in [-0.05, 0) is 36.0 Å². The van der Waals surface area contributed by atoms with E-state index >= 15 is 0 Å². The second-order valence-corrected chi connectivity index (χ2v) is 10.2. The number of benzene rings is 1. The van der Waals surface area contributed by atoms with Crippen LogP contribution >= 0.6 is 24.4 Å². The number of amides is 3. The maximum Gasteiger partial charge on any atom is 0.326 e. The van der Waals surface area contributed by atoms with Crippen LogP contribution in [0.4, 0.5) is 0 Å². The van der Waals surface area contributed by atoms with Crippen LogP contribution in [0.25, 0.3) is 10.9 Å². The third-order valence-corrected chi connectivity index (χ3v) is 6.77. The Labute approximate surface area is 220 Å². The fourth-order valence-corrected chi connectivity index (χ4v) is 4.27.